The third-order valence-corrected chi connectivity index (χ3v) is 5.96. The summed E-state index contributed by atoms with van der Waals surface area (Å²) in [5, 5.41) is 12.7. The molecule has 0 saturated carbocycles. The number of rotatable bonds is 10. The summed E-state index contributed by atoms with van der Waals surface area (Å²) in [6.45, 7) is 10.6. The van der Waals surface area contributed by atoms with E-state index in [0.29, 0.717) is 34.2 Å². The zero-order valence-electron chi connectivity index (χ0n) is 18.4. The molecule has 1 aromatic heterocycles. The average Bonchev–Trinajstić information content (AvgIpc) is 3.17. The molecular weight excluding hydrogens is 444 g/mol. The number of amides is 1. The van der Waals surface area contributed by atoms with Crippen molar-refractivity contribution >= 4 is 35.0 Å². The summed E-state index contributed by atoms with van der Waals surface area (Å²) in [4.78, 5) is 12.3. The van der Waals surface area contributed by atoms with Gasteiger partial charge in [0.15, 0.2) is 17.1 Å². The van der Waals surface area contributed by atoms with Crippen molar-refractivity contribution < 1.29 is 9.53 Å². The standard InChI is InChI=1S/C24H27ClN4O2S/c1-5-14-29-23(17(4)31-21-12-6-18(7-13-21)16(2)3)27-28-24(29)32-15-22(30)26-20-10-8-19(25)9-11-20/h5-13,16-17H,1,14-15H2,2-4H3,(H,26,30). The van der Waals surface area contributed by atoms with E-state index in [1.54, 1.807) is 30.3 Å². The second-order valence-electron chi connectivity index (χ2n) is 7.57. The molecular formula is C24H27ClN4O2S. The van der Waals surface area contributed by atoms with Crippen LogP contribution in [0.3, 0.4) is 0 Å². The third kappa shape index (κ3) is 6.37. The Kier molecular flexibility index (Phi) is 8.36. The monoisotopic (exact) mass is 470 g/mol. The lowest BCUT2D eigenvalue weighted by Gasteiger charge is -2.16. The molecule has 0 saturated heterocycles. The molecule has 1 N–H and O–H groups in total. The molecule has 1 heterocycles. The maximum atomic E-state index is 12.3. The normalized spacial score (nSPS) is 11.9. The van der Waals surface area contributed by atoms with Gasteiger partial charge in [0.05, 0.1) is 5.75 Å². The molecule has 0 aliphatic carbocycles. The second-order valence-corrected chi connectivity index (χ2v) is 8.95. The van der Waals surface area contributed by atoms with Gasteiger partial charge in [-0.3, -0.25) is 9.36 Å². The molecule has 1 atom stereocenters. The number of nitrogens with zero attached hydrogens (tertiary/aromatic N) is 3. The van der Waals surface area contributed by atoms with Crippen molar-refractivity contribution in [3.63, 3.8) is 0 Å². The number of hydrogen-bond acceptors (Lipinski definition) is 5. The van der Waals surface area contributed by atoms with Crippen molar-refractivity contribution in [2.75, 3.05) is 11.1 Å². The Morgan fingerprint density at radius 2 is 1.84 bits per heavy atom. The molecule has 8 heteroatoms. The predicted molar refractivity (Wildman–Crippen MR) is 131 cm³/mol. The summed E-state index contributed by atoms with van der Waals surface area (Å²) in [5.74, 6) is 1.98. The van der Waals surface area contributed by atoms with Crippen molar-refractivity contribution in [3.8, 4) is 5.75 Å². The number of aromatic nitrogens is 3. The maximum Gasteiger partial charge on any atom is 0.234 e. The Labute approximate surface area is 198 Å². The van der Waals surface area contributed by atoms with Crippen LogP contribution >= 0.6 is 23.4 Å². The van der Waals surface area contributed by atoms with Crippen LogP contribution in [0.2, 0.25) is 5.02 Å². The fraction of sp³-hybridized carbons (Fsp3) is 0.292. The number of thioether (sulfide) groups is 1. The van der Waals surface area contributed by atoms with Crippen molar-refractivity contribution in [2.45, 2.75) is 44.5 Å². The lowest BCUT2D eigenvalue weighted by molar-refractivity contribution is -0.113. The first-order valence-corrected chi connectivity index (χ1v) is 11.7. The van der Waals surface area contributed by atoms with Gasteiger partial charge < -0.3 is 10.1 Å². The summed E-state index contributed by atoms with van der Waals surface area (Å²) < 4.78 is 8.01. The topological polar surface area (TPSA) is 69.0 Å². The first-order valence-electron chi connectivity index (χ1n) is 10.4. The molecule has 1 unspecified atom stereocenters. The number of carbonyl (C=O) groups excluding carboxylic acids is 1. The summed E-state index contributed by atoms with van der Waals surface area (Å²) in [5.41, 5.74) is 1.95. The highest BCUT2D eigenvalue weighted by Crippen LogP contribution is 2.26. The van der Waals surface area contributed by atoms with Crippen molar-refractivity contribution in [2.24, 2.45) is 0 Å². The van der Waals surface area contributed by atoms with Crippen LogP contribution in [0.25, 0.3) is 0 Å². The Morgan fingerprint density at radius 1 is 1.16 bits per heavy atom. The van der Waals surface area contributed by atoms with Crippen molar-refractivity contribution in [1.82, 2.24) is 14.8 Å². The van der Waals surface area contributed by atoms with Crippen LogP contribution in [0.4, 0.5) is 5.69 Å². The summed E-state index contributed by atoms with van der Waals surface area (Å²) in [6, 6.07) is 15.1. The van der Waals surface area contributed by atoms with Crippen LogP contribution in [-0.4, -0.2) is 26.4 Å². The third-order valence-electron chi connectivity index (χ3n) is 4.74. The van der Waals surface area contributed by atoms with Crippen molar-refractivity contribution in [1.29, 1.82) is 0 Å². The highest BCUT2D eigenvalue weighted by atomic mass is 35.5. The number of anilines is 1. The van der Waals surface area contributed by atoms with Gasteiger partial charge in [0.2, 0.25) is 5.91 Å². The second kappa shape index (κ2) is 11.2. The minimum absolute atomic E-state index is 0.137. The van der Waals surface area contributed by atoms with Crippen LogP contribution in [0.1, 0.15) is 44.2 Å². The molecule has 32 heavy (non-hydrogen) atoms. The maximum absolute atomic E-state index is 12.3. The molecule has 0 aliphatic heterocycles. The summed E-state index contributed by atoms with van der Waals surface area (Å²) >= 11 is 7.20. The minimum atomic E-state index is -0.315. The van der Waals surface area contributed by atoms with Gasteiger partial charge in [0.1, 0.15) is 5.75 Å². The SMILES string of the molecule is C=CCn1c(SCC(=O)Nc2ccc(Cl)cc2)nnc1C(C)Oc1ccc(C(C)C)cc1. The van der Waals surface area contributed by atoms with Gasteiger partial charge in [0, 0.05) is 17.3 Å². The van der Waals surface area contributed by atoms with Gasteiger partial charge >= 0.3 is 0 Å². The predicted octanol–water partition coefficient (Wildman–Crippen LogP) is 6.11. The molecule has 0 radical (unpaired) electrons. The van der Waals surface area contributed by atoms with E-state index < -0.39 is 0 Å². The molecule has 0 spiro atoms. The quantitative estimate of drug-likeness (QED) is 0.286. The number of halogens is 1. The molecule has 0 fully saturated rings. The van der Waals surface area contributed by atoms with Crippen LogP contribution in [0.5, 0.6) is 5.75 Å². The molecule has 168 valence electrons. The fourth-order valence-corrected chi connectivity index (χ4v) is 3.94. The lowest BCUT2D eigenvalue weighted by Crippen LogP contribution is -2.15. The highest BCUT2D eigenvalue weighted by molar-refractivity contribution is 7.99. The number of allylic oxidation sites excluding steroid dienone is 1. The Hall–Kier alpha value is -2.77. The van der Waals surface area contributed by atoms with E-state index in [2.05, 4.69) is 48.1 Å². The van der Waals surface area contributed by atoms with Crippen molar-refractivity contribution in [3.05, 3.63) is 77.6 Å². The van der Waals surface area contributed by atoms with E-state index in [9.17, 15) is 4.79 Å². The van der Waals surface area contributed by atoms with Crippen LogP contribution in [0.15, 0.2) is 66.3 Å². The fourth-order valence-electron chi connectivity index (χ4n) is 3.06. The zero-order chi connectivity index (χ0) is 23.1. The van der Waals surface area contributed by atoms with E-state index in [0.717, 1.165) is 5.75 Å². The Morgan fingerprint density at radius 3 is 2.47 bits per heavy atom. The molecule has 0 bridgehead atoms. The van der Waals surface area contributed by atoms with Gasteiger partial charge in [-0.25, -0.2) is 0 Å². The zero-order valence-corrected chi connectivity index (χ0v) is 20.0. The summed E-state index contributed by atoms with van der Waals surface area (Å²) in [6.07, 6.45) is 1.46. The van der Waals surface area contributed by atoms with E-state index >= 15 is 0 Å². The lowest BCUT2D eigenvalue weighted by atomic mass is 10.0. The Bertz CT molecular complexity index is 1050. The van der Waals surface area contributed by atoms with Gasteiger partial charge in [0.25, 0.3) is 0 Å². The van der Waals surface area contributed by atoms with E-state index in [4.69, 9.17) is 16.3 Å². The van der Waals surface area contributed by atoms with Gasteiger partial charge in [-0.15, -0.1) is 16.8 Å². The van der Waals surface area contributed by atoms with Gasteiger partial charge in [-0.05, 0) is 54.8 Å². The summed E-state index contributed by atoms with van der Waals surface area (Å²) in [7, 11) is 0. The van der Waals surface area contributed by atoms with Crippen LogP contribution in [-0.2, 0) is 11.3 Å². The number of carbonyl (C=O) groups is 1. The highest BCUT2D eigenvalue weighted by Gasteiger charge is 2.20. The first kappa shape index (κ1) is 23.9. The molecule has 6 nitrogen and oxygen atoms in total. The van der Waals surface area contributed by atoms with Gasteiger partial charge in [-0.2, -0.15) is 0 Å². The molecule has 3 rings (SSSR count). The molecule has 3 aromatic rings. The number of ether oxygens (including phenoxy) is 1. The first-order chi connectivity index (χ1) is 15.4. The van der Waals surface area contributed by atoms with Crippen LogP contribution in [0, 0.1) is 0 Å². The van der Waals surface area contributed by atoms with E-state index in [-0.39, 0.29) is 17.8 Å². The number of nitrogens with one attached hydrogen (secondary N) is 1. The average molecular weight is 471 g/mol. The minimum Gasteiger partial charge on any atom is -0.483 e. The smallest absolute Gasteiger partial charge is 0.234 e. The number of benzene rings is 2. The molecule has 2 aromatic carbocycles. The van der Waals surface area contributed by atoms with E-state index in [1.807, 2.05) is 23.6 Å². The number of hydrogen-bond donors (Lipinski definition) is 1. The van der Waals surface area contributed by atoms with Crippen LogP contribution < -0.4 is 10.1 Å². The molecule has 1 amide bonds. The van der Waals surface area contributed by atoms with Gasteiger partial charge in [-0.1, -0.05) is 55.4 Å². The van der Waals surface area contributed by atoms with E-state index in [1.165, 1.54) is 17.3 Å². The molecule has 0 aliphatic rings. The largest absolute Gasteiger partial charge is 0.483 e. The Balaban J connectivity index is 1.65.